The van der Waals surface area contributed by atoms with Gasteiger partial charge in [0.1, 0.15) is 0 Å². The van der Waals surface area contributed by atoms with Crippen LogP contribution < -0.4 is 4.72 Å². The first-order valence-electron chi connectivity index (χ1n) is 6.99. The summed E-state index contributed by atoms with van der Waals surface area (Å²) in [5, 5.41) is 0. The Balaban J connectivity index is 2.26. The summed E-state index contributed by atoms with van der Waals surface area (Å²) < 4.78 is 29.0. The smallest absolute Gasteiger partial charge is 0.259 e. The van der Waals surface area contributed by atoms with Gasteiger partial charge in [0.15, 0.2) is 0 Å². The summed E-state index contributed by atoms with van der Waals surface area (Å²) in [4.78, 5) is 4.38. The van der Waals surface area contributed by atoms with E-state index in [1.165, 1.54) is 4.31 Å². The SMILES string of the molecule is Cc1cccnc1[C@@H](NS(=O)(=O)N(C)C(C)C)C1CC1. The largest absolute Gasteiger partial charge is 0.280 e. The number of aromatic nitrogens is 1. The molecule has 20 heavy (non-hydrogen) atoms. The second kappa shape index (κ2) is 5.79. The molecule has 2 rings (SSSR count). The van der Waals surface area contributed by atoms with Crippen molar-refractivity contribution in [3.63, 3.8) is 0 Å². The Kier molecular flexibility index (Phi) is 4.46. The Morgan fingerprint density at radius 2 is 2.05 bits per heavy atom. The highest BCUT2D eigenvalue weighted by Gasteiger charge is 2.37. The van der Waals surface area contributed by atoms with E-state index in [1.807, 2.05) is 32.9 Å². The number of nitrogens with zero attached hydrogens (tertiary/aromatic N) is 2. The maximum Gasteiger partial charge on any atom is 0.280 e. The van der Waals surface area contributed by atoms with Gasteiger partial charge in [-0.05, 0) is 51.2 Å². The van der Waals surface area contributed by atoms with Gasteiger partial charge in [0.2, 0.25) is 0 Å². The second-order valence-corrected chi connectivity index (χ2v) is 7.52. The van der Waals surface area contributed by atoms with Gasteiger partial charge >= 0.3 is 0 Å². The van der Waals surface area contributed by atoms with Crippen molar-refractivity contribution >= 4 is 10.2 Å². The third-order valence-corrected chi connectivity index (χ3v) is 5.55. The van der Waals surface area contributed by atoms with Gasteiger partial charge in [-0.25, -0.2) is 0 Å². The van der Waals surface area contributed by atoms with Crippen LogP contribution in [0.25, 0.3) is 0 Å². The highest BCUT2D eigenvalue weighted by molar-refractivity contribution is 7.87. The third-order valence-electron chi connectivity index (χ3n) is 3.82. The minimum absolute atomic E-state index is 0.0721. The molecule has 0 bridgehead atoms. The zero-order valence-corrected chi connectivity index (χ0v) is 13.3. The summed E-state index contributed by atoms with van der Waals surface area (Å²) in [6.07, 6.45) is 3.82. The van der Waals surface area contributed by atoms with Crippen molar-refractivity contribution in [1.29, 1.82) is 0 Å². The minimum atomic E-state index is -3.49. The van der Waals surface area contributed by atoms with Crippen LogP contribution >= 0.6 is 0 Å². The van der Waals surface area contributed by atoms with E-state index in [0.29, 0.717) is 5.92 Å². The van der Waals surface area contributed by atoms with Crippen molar-refractivity contribution in [1.82, 2.24) is 14.0 Å². The molecule has 1 aliphatic rings. The quantitative estimate of drug-likeness (QED) is 0.873. The molecule has 1 aromatic heterocycles. The summed E-state index contributed by atoms with van der Waals surface area (Å²) >= 11 is 0. The van der Waals surface area contributed by atoms with Crippen molar-refractivity contribution in [3.05, 3.63) is 29.6 Å². The zero-order chi connectivity index (χ0) is 14.9. The lowest BCUT2D eigenvalue weighted by Crippen LogP contribution is -2.44. The summed E-state index contributed by atoms with van der Waals surface area (Å²) in [5.41, 5.74) is 1.87. The van der Waals surface area contributed by atoms with Crippen molar-refractivity contribution in [2.45, 2.75) is 45.7 Å². The van der Waals surface area contributed by atoms with E-state index in [9.17, 15) is 8.42 Å². The molecule has 0 spiro atoms. The van der Waals surface area contributed by atoms with Crippen LogP contribution in [-0.2, 0) is 10.2 Å². The molecule has 0 radical (unpaired) electrons. The molecular weight excluding hydrogens is 274 g/mol. The molecule has 1 fully saturated rings. The Morgan fingerprint density at radius 3 is 2.55 bits per heavy atom. The van der Waals surface area contributed by atoms with Crippen LogP contribution in [0.1, 0.15) is 44.0 Å². The molecule has 1 atom stereocenters. The Labute approximate surface area is 121 Å². The number of aryl methyl sites for hydroxylation is 1. The summed E-state index contributed by atoms with van der Waals surface area (Å²) in [5.74, 6) is 0.360. The van der Waals surface area contributed by atoms with Crippen LogP contribution in [0.4, 0.5) is 0 Å². The Hall–Kier alpha value is -0.980. The lowest BCUT2D eigenvalue weighted by Gasteiger charge is -2.26. The average molecular weight is 297 g/mol. The van der Waals surface area contributed by atoms with Gasteiger partial charge in [-0.3, -0.25) is 4.98 Å². The molecule has 0 aromatic carbocycles. The highest BCUT2D eigenvalue weighted by atomic mass is 32.2. The first kappa shape index (κ1) is 15.4. The summed E-state index contributed by atoms with van der Waals surface area (Å²) in [6.45, 7) is 5.69. The van der Waals surface area contributed by atoms with Gasteiger partial charge in [-0.2, -0.15) is 17.4 Å². The van der Waals surface area contributed by atoms with Crippen LogP contribution in [0.15, 0.2) is 18.3 Å². The predicted molar refractivity (Wildman–Crippen MR) is 79.4 cm³/mol. The fraction of sp³-hybridized carbons (Fsp3) is 0.643. The van der Waals surface area contributed by atoms with Gasteiger partial charge < -0.3 is 0 Å². The van der Waals surface area contributed by atoms with Gasteiger partial charge in [0.05, 0.1) is 11.7 Å². The normalized spacial score (nSPS) is 17.7. The number of nitrogens with one attached hydrogen (secondary N) is 1. The zero-order valence-electron chi connectivity index (χ0n) is 12.5. The van der Waals surface area contributed by atoms with Crippen molar-refractivity contribution < 1.29 is 8.42 Å². The fourth-order valence-electron chi connectivity index (χ4n) is 2.15. The molecule has 1 aliphatic carbocycles. The first-order chi connectivity index (χ1) is 9.33. The van der Waals surface area contributed by atoms with E-state index in [0.717, 1.165) is 24.1 Å². The molecule has 6 heteroatoms. The number of hydrogen-bond donors (Lipinski definition) is 1. The first-order valence-corrected chi connectivity index (χ1v) is 8.43. The molecular formula is C14H23N3O2S. The second-order valence-electron chi connectivity index (χ2n) is 5.75. The van der Waals surface area contributed by atoms with E-state index < -0.39 is 10.2 Å². The Morgan fingerprint density at radius 1 is 1.40 bits per heavy atom. The third kappa shape index (κ3) is 3.37. The van der Waals surface area contributed by atoms with E-state index in [1.54, 1.807) is 13.2 Å². The standard InChI is InChI=1S/C14H23N3O2S/c1-10(2)17(4)20(18,19)16-14(12-7-8-12)13-11(3)6-5-9-15-13/h5-6,9-10,12,14,16H,7-8H2,1-4H3/t14-/m0/s1. The highest BCUT2D eigenvalue weighted by Crippen LogP contribution is 2.41. The average Bonchev–Trinajstić information content (AvgIpc) is 3.20. The molecule has 0 amide bonds. The van der Waals surface area contributed by atoms with Crippen LogP contribution in [0.3, 0.4) is 0 Å². The molecule has 0 saturated heterocycles. The molecule has 5 nitrogen and oxygen atoms in total. The molecule has 1 heterocycles. The lowest BCUT2D eigenvalue weighted by molar-refractivity contribution is 0.391. The van der Waals surface area contributed by atoms with Crippen LogP contribution in [0, 0.1) is 12.8 Å². The summed E-state index contributed by atoms with van der Waals surface area (Å²) in [6, 6.07) is 3.55. The molecule has 0 aliphatic heterocycles. The van der Waals surface area contributed by atoms with E-state index in [2.05, 4.69) is 9.71 Å². The fourth-order valence-corrected chi connectivity index (χ4v) is 3.50. The van der Waals surface area contributed by atoms with Crippen LogP contribution in [0.5, 0.6) is 0 Å². The van der Waals surface area contributed by atoms with Crippen molar-refractivity contribution in [3.8, 4) is 0 Å². The van der Waals surface area contributed by atoms with Gasteiger partial charge in [0, 0.05) is 19.3 Å². The molecule has 1 aromatic rings. The molecule has 112 valence electrons. The number of hydrogen-bond acceptors (Lipinski definition) is 3. The molecule has 1 saturated carbocycles. The van der Waals surface area contributed by atoms with Gasteiger partial charge in [-0.15, -0.1) is 0 Å². The summed E-state index contributed by atoms with van der Waals surface area (Å²) in [7, 11) is -1.89. The number of rotatable bonds is 6. The van der Waals surface area contributed by atoms with Crippen LogP contribution in [0.2, 0.25) is 0 Å². The predicted octanol–water partition coefficient (Wildman–Crippen LogP) is 2.02. The monoisotopic (exact) mass is 297 g/mol. The molecule has 0 unspecified atom stereocenters. The van der Waals surface area contributed by atoms with Crippen LogP contribution in [-0.4, -0.2) is 30.8 Å². The van der Waals surface area contributed by atoms with Gasteiger partial charge in [0.25, 0.3) is 10.2 Å². The van der Waals surface area contributed by atoms with E-state index in [4.69, 9.17) is 0 Å². The number of pyridine rings is 1. The van der Waals surface area contributed by atoms with Gasteiger partial charge in [-0.1, -0.05) is 6.07 Å². The minimum Gasteiger partial charge on any atom is -0.259 e. The topological polar surface area (TPSA) is 62.3 Å². The molecule has 1 N–H and O–H groups in total. The maximum atomic E-state index is 12.4. The van der Waals surface area contributed by atoms with E-state index >= 15 is 0 Å². The Bertz CT molecular complexity index is 568. The van der Waals surface area contributed by atoms with Crippen molar-refractivity contribution in [2.24, 2.45) is 5.92 Å². The lowest BCUT2D eigenvalue weighted by atomic mass is 10.1. The van der Waals surface area contributed by atoms with E-state index in [-0.39, 0.29) is 12.1 Å². The maximum absolute atomic E-state index is 12.4. The van der Waals surface area contributed by atoms with Crippen molar-refractivity contribution in [2.75, 3.05) is 7.05 Å².